The molecule has 0 aliphatic heterocycles. The number of rotatable bonds is 6. The van der Waals surface area contributed by atoms with E-state index >= 15 is 0 Å². The molecule has 1 aromatic carbocycles. The number of nitro groups is 1. The SMILES string of the molecule is CC(C)(C)OC(=O)COC(=O)CNC(=O)c1ccc(Cl)c([N+](=O)[O-])c1. The fraction of sp³-hybridized carbons (Fsp3) is 0.400. The van der Waals surface area contributed by atoms with Gasteiger partial charge in [0.05, 0.1) is 4.92 Å². The van der Waals surface area contributed by atoms with E-state index in [2.05, 4.69) is 10.1 Å². The Morgan fingerprint density at radius 3 is 2.44 bits per heavy atom. The summed E-state index contributed by atoms with van der Waals surface area (Å²) in [5.41, 5.74) is -1.18. The number of ether oxygens (including phenoxy) is 2. The predicted octanol–water partition coefficient (Wildman–Crippen LogP) is 1.86. The average molecular weight is 373 g/mol. The Hall–Kier alpha value is -2.68. The number of hydrogen-bond acceptors (Lipinski definition) is 7. The van der Waals surface area contributed by atoms with Gasteiger partial charge in [0.1, 0.15) is 17.2 Å². The van der Waals surface area contributed by atoms with Crippen molar-refractivity contribution in [3.63, 3.8) is 0 Å². The molecule has 0 saturated heterocycles. The van der Waals surface area contributed by atoms with Crippen LogP contribution in [0.25, 0.3) is 0 Å². The summed E-state index contributed by atoms with van der Waals surface area (Å²) < 4.78 is 9.61. The first-order valence-corrected chi connectivity index (χ1v) is 7.47. The van der Waals surface area contributed by atoms with Crippen molar-refractivity contribution in [1.82, 2.24) is 5.32 Å². The van der Waals surface area contributed by atoms with Crippen LogP contribution in [0.2, 0.25) is 5.02 Å². The third-order valence-electron chi connectivity index (χ3n) is 2.57. The molecule has 0 spiro atoms. The van der Waals surface area contributed by atoms with E-state index in [0.717, 1.165) is 6.07 Å². The van der Waals surface area contributed by atoms with E-state index in [9.17, 15) is 24.5 Å². The minimum absolute atomic E-state index is 0.0453. The van der Waals surface area contributed by atoms with Crippen molar-refractivity contribution in [1.29, 1.82) is 0 Å². The van der Waals surface area contributed by atoms with E-state index in [4.69, 9.17) is 16.3 Å². The fourth-order valence-electron chi connectivity index (χ4n) is 1.61. The van der Waals surface area contributed by atoms with E-state index < -0.39 is 47.2 Å². The molecule has 0 heterocycles. The minimum atomic E-state index is -0.859. The smallest absolute Gasteiger partial charge is 0.344 e. The molecule has 1 rings (SSSR count). The molecule has 0 aromatic heterocycles. The van der Waals surface area contributed by atoms with E-state index in [0.29, 0.717) is 0 Å². The predicted molar refractivity (Wildman–Crippen MR) is 87.2 cm³/mol. The van der Waals surface area contributed by atoms with Crippen molar-refractivity contribution >= 4 is 35.1 Å². The molecule has 9 nitrogen and oxygen atoms in total. The Morgan fingerprint density at radius 1 is 1.24 bits per heavy atom. The van der Waals surface area contributed by atoms with Crippen LogP contribution in [-0.2, 0) is 19.1 Å². The van der Waals surface area contributed by atoms with Crippen LogP contribution in [0.15, 0.2) is 18.2 Å². The summed E-state index contributed by atoms with van der Waals surface area (Å²) in [5.74, 6) is -2.31. The molecule has 1 N–H and O–H groups in total. The molecule has 0 atom stereocenters. The van der Waals surface area contributed by atoms with Gasteiger partial charge in [0.2, 0.25) is 0 Å². The zero-order valence-electron chi connectivity index (χ0n) is 13.8. The quantitative estimate of drug-likeness (QED) is 0.459. The summed E-state index contributed by atoms with van der Waals surface area (Å²) in [4.78, 5) is 44.8. The maximum Gasteiger partial charge on any atom is 0.344 e. The zero-order valence-corrected chi connectivity index (χ0v) is 14.6. The number of esters is 2. The third-order valence-corrected chi connectivity index (χ3v) is 2.89. The first-order chi connectivity index (χ1) is 11.5. The van der Waals surface area contributed by atoms with Crippen molar-refractivity contribution in [2.45, 2.75) is 26.4 Å². The van der Waals surface area contributed by atoms with E-state index in [1.807, 2.05) is 0 Å². The van der Waals surface area contributed by atoms with Crippen LogP contribution < -0.4 is 5.32 Å². The molecule has 0 saturated carbocycles. The lowest BCUT2D eigenvalue weighted by Gasteiger charge is -2.19. The number of carbonyl (C=O) groups is 3. The largest absolute Gasteiger partial charge is 0.457 e. The highest BCUT2D eigenvalue weighted by Crippen LogP contribution is 2.24. The second kappa shape index (κ2) is 8.43. The Labute approximate surface area is 148 Å². The van der Waals surface area contributed by atoms with Gasteiger partial charge in [-0.15, -0.1) is 0 Å². The Balaban J connectivity index is 2.51. The number of benzene rings is 1. The number of amides is 1. The van der Waals surface area contributed by atoms with Crippen LogP contribution >= 0.6 is 11.6 Å². The van der Waals surface area contributed by atoms with Crippen LogP contribution in [0.1, 0.15) is 31.1 Å². The maximum absolute atomic E-state index is 11.9. The molecule has 136 valence electrons. The summed E-state index contributed by atoms with van der Waals surface area (Å²) in [6.07, 6.45) is 0. The number of hydrogen-bond donors (Lipinski definition) is 1. The van der Waals surface area contributed by atoms with E-state index in [-0.39, 0.29) is 10.6 Å². The van der Waals surface area contributed by atoms with Gasteiger partial charge in [-0.05, 0) is 32.9 Å². The van der Waals surface area contributed by atoms with Gasteiger partial charge in [-0.3, -0.25) is 19.7 Å². The summed E-state index contributed by atoms with van der Waals surface area (Å²) in [7, 11) is 0. The van der Waals surface area contributed by atoms with Crippen molar-refractivity contribution in [3.8, 4) is 0 Å². The van der Waals surface area contributed by atoms with Gasteiger partial charge in [-0.1, -0.05) is 11.6 Å². The number of nitrogens with zero attached hydrogens (tertiary/aromatic N) is 1. The van der Waals surface area contributed by atoms with Gasteiger partial charge in [0.15, 0.2) is 6.61 Å². The van der Waals surface area contributed by atoms with Crippen molar-refractivity contribution in [2.75, 3.05) is 13.2 Å². The third kappa shape index (κ3) is 7.17. The van der Waals surface area contributed by atoms with Crippen molar-refractivity contribution in [3.05, 3.63) is 38.9 Å². The molecule has 0 bridgehead atoms. The molecule has 10 heteroatoms. The second-order valence-electron chi connectivity index (χ2n) is 5.85. The van der Waals surface area contributed by atoms with Gasteiger partial charge in [0, 0.05) is 11.6 Å². The van der Waals surface area contributed by atoms with Gasteiger partial charge in [0.25, 0.3) is 11.6 Å². The van der Waals surface area contributed by atoms with Gasteiger partial charge in [-0.2, -0.15) is 0 Å². The highest BCUT2D eigenvalue weighted by molar-refractivity contribution is 6.32. The Morgan fingerprint density at radius 2 is 1.88 bits per heavy atom. The van der Waals surface area contributed by atoms with Crippen LogP contribution in [0, 0.1) is 10.1 Å². The first kappa shape index (κ1) is 20.4. The van der Waals surface area contributed by atoms with Crippen LogP contribution in [0.3, 0.4) is 0 Å². The molecular weight excluding hydrogens is 356 g/mol. The molecule has 0 radical (unpaired) electrons. The van der Waals surface area contributed by atoms with Gasteiger partial charge < -0.3 is 14.8 Å². The van der Waals surface area contributed by atoms with Gasteiger partial charge >= 0.3 is 11.9 Å². The lowest BCUT2D eigenvalue weighted by Crippen LogP contribution is -2.33. The number of halogens is 1. The van der Waals surface area contributed by atoms with Gasteiger partial charge in [-0.25, -0.2) is 4.79 Å². The highest BCUT2D eigenvalue weighted by atomic mass is 35.5. The molecule has 0 aliphatic carbocycles. The molecule has 0 unspecified atom stereocenters. The normalized spacial score (nSPS) is 10.7. The van der Waals surface area contributed by atoms with Crippen molar-refractivity contribution in [2.24, 2.45) is 0 Å². The maximum atomic E-state index is 11.9. The average Bonchev–Trinajstić information content (AvgIpc) is 2.49. The summed E-state index contributed by atoms with van der Waals surface area (Å²) >= 11 is 5.65. The molecular formula is C15H17ClN2O7. The number of carbonyl (C=O) groups excluding carboxylic acids is 3. The number of nitro benzene ring substituents is 1. The summed E-state index contributed by atoms with van der Waals surface area (Å²) in [5, 5.41) is 12.9. The van der Waals surface area contributed by atoms with E-state index in [1.54, 1.807) is 20.8 Å². The van der Waals surface area contributed by atoms with Crippen molar-refractivity contribution < 1.29 is 28.8 Å². The van der Waals surface area contributed by atoms with E-state index in [1.165, 1.54) is 12.1 Å². The Kier molecular flexibility index (Phi) is 6.86. The molecule has 0 aliphatic rings. The summed E-state index contributed by atoms with van der Waals surface area (Å²) in [6, 6.07) is 3.47. The topological polar surface area (TPSA) is 125 Å². The Bertz CT molecular complexity index is 698. The highest BCUT2D eigenvalue weighted by Gasteiger charge is 2.19. The second-order valence-corrected chi connectivity index (χ2v) is 6.26. The standard InChI is InChI=1S/C15H17ClN2O7/c1-15(2,3)25-13(20)8-24-12(19)7-17-14(21)9-4-5-10(16)11(6-9)18(22)23/h4-6H,7-8H2,1-3H3,(H,17,21). The molecule has 25 heavy (non-hydrogen) atoms. The lowest BCUT2D eigenvalue weighted by molar-refractivity contribution is -0.384. The van der Waals surface area contributed by atoms with Crippen LogP contribution in [-0.4, -0.2) is 41.5 Å². The van der Waals surface area contributed by atoms with Crippen LogP contribution in [0.4, 0.5) is 5.69 Å². The summed E-state index contributed by atoms with van der Waals surface area (Å²) in [6.45, 7) is 3.89. The monoisotopic (exact) mass is 372 g/mol. The first-order valence-electron chi connectivity index (χ1n) is 7.09. The minimum Gasteiger partial charge on any atom is -0.457 e. The molecule has 0 fully saturated rings. The lowest BCUT2D eigenvalue weighted by atomic mass is 10.2. The van der Waals surface area contributed by atoms with Crippen LogP contribution in [0.5, 0.6) is 0 Å². The number of nitrogens with one attached hydrogen (secondary N) is 1. The molecule has 1 aromatic rings. The fourth-order valence-corrected chi connectivity index (χ4v) is 1.80. The molecule has 1 amide bonds. The zero-order chi connectivity index (χ0) is 19.2.